The first kappa shape index (κ1) is 38.9. The lowest BCUT2D eigenvalue weighted by atomic mass is 10.0. The second kappa shape index (κ2) is 15.0. The van der Waals surface area contributed by atoms with Gasteiger partial charge >= 0.3 is 12.1 Å². The molecular formula is C37H42ClF2N7O6. The number of piperazine rings is 1. The fourth-order valence-corrected chi connectivity index (χ4v) is 6.00. The number of imidazole rings is 1. The Morgan fingerprint density at radius 1 is 0.868 bits per heavy atom. The molecule has 3 heterocycles. The Balaban J connectivity index is 1.25. The Labute approximate surface area is 310 Å². The van der Waals surface area contributed by atoms with Crippen LogP contribution < -0.4 is 5.32 Å². The van der Waals surface area contributed by atoms with Crippen LogP contribution in [0, 0.1) is 18.6 Å². The maximum Gasteiger partial charge on any atom is 0.410 e. The van der Waals surface area contributed by atoms with Crippen molar-refractivity contribution in [1.29, 1.82) is 0 Å². The molecule has 3 amide bonds. The molecule has 2 aromatic carbocycles. The molecule has 53 heavy (non-hydrogen) atoms. The summed E-state index contributed by atoms with van der Waals surface area (Å²) in [5.41, 5.74) is -0.173. The van der Waals surface area contributed by atoms with Crippen LogP contribution in [0.15, 0.2) is 42.7 Å². The first-order valence-electron chi connectivity index (χ1n) is 16.9. The zero-order valence-corrected chi connectivity index (χ0v) is 31.6. The van der Waals surface area contributed by atoms with Crippen LogP contribution in [-0.4, -0.2) is 90.4 Å². The summed E-state index contributed by atoms with van der Waals surface area (Å²) >= 11 is 6.48. The number of hydrogen-bond acceptors (Lipinski definition) is 8. The maximum atomic E-state index is 15.6. The first-order valence-corrected chi connectivity index (χ1v) is 17.2. The molecule has 1 aliphatic rings. The van der Waals surface area contributed by atoms with E-state index in [0.29, 0.717) is 37.4 Å². The number of nitrogens with one attached hydrogen (secondary N) is 1. The molecule has 4 aromatic rings. The predicted molar refractivity (Wildman–Crippen MR) is 193 cm³/mol. The highest BCUT2D eigenvalue weighted by Gasteiger charge is 2.29. The lowest BCUT2D eigenvalue weighted by Gasteiger charge is -2.35. The number of ether oxygens (including phenoxy) is 2. The number of carbonyl (C=O) groups is 4. The number of benzene rings is 2. The average molecular weight is 754 g/mol. The number of hydrogen-bond donors (Lipinski definition) is 1. The van der Waals surface area contributed by atoms with Crippen molar-refractivity contribution in [2.45, 2.75) is 66.2 Å². The minimum absolute atomic E-state index is 0.0545. The zero-order chi connectivity index (χ0) is 39.0. The molecule has 5 rings (SSSR count). The van der Waals surface area contributed by atoms with E-state index in [9.17, 15) is 19.2 Å². The van der Waals surface area contributed by atoms with Crippen LogP contribution in [0.4, 0.5) is 19.3 Å². The Hall–Kier alpha value is -5.31. The quantitative estimate of drug-likeness (QED) is 0.212. The van der Waals surface area contributed by atoms with Crippen LogP contribution in [0.5, 0.6) is 0 Å². The summed E-state index contributed by atoms with van der Waals surface area (Å²) in [6, 6.07) is 7.22. The van der Waals surface area contributed by atoms with Crippen molar-refractivity contribution in [3.63, 3.8) is 0 Å². The van der Waals surface area contributed by atoms with Crippen LogP contribution in [0.3, 0.4) is 0 Å². The van der Waals surface area contributed by atoms with Crippen molar-refractivity contribution in [1.82, 2.24) is 29.1 Å². The van der Waals surface area contributed by atoms with Crippen LogP contribution in [-0.2, 0) is 27.9 Å². The molecule has 16 heteroatoms. The van der Waals surface area contributed by atoms with Crippen molar-refractivity contribution in [2.24, 2.45) is 7.05 Å². The molecule has 1 saturated heterocycles. The van der Waals surface area contributed by atoms with Crippen LogP contribution in [0.25, 0.3) is 22.4 Å². The highest BCUT2D eigenvalue weighted by atomic mass is 35.5. The van der Waals surface area contributed by atoms with E-state index in [2.05, 4.69) is 15.4 Å². The number of aryl methyl sites for hydroxylation is 1. The molecule has 13 nitrogen and oxygen atoms in total. The maximum absolute atomic E-state index is 15.6. The summed E-state index contributed by atoms with van der Waals surface area (Å²) in [5, 5.41) is 7.04. The smallest absolute Gasteiger partial charge is 0.410 e. The molecule has 0 unspecified atom stereocenters. The van der Waals surface area contributed by atoms with E-state index in [1.54, 1.807) is 58.3 Å². The van der Waals surface area contributed by atoms with E-state index in [-0.39, 0.29) is 51.4 Å². The van der Waals surface area contributed by atoms with Gasteiger partial charge in [-0.1, -0.05) is 17.7 Å². The van der Waals surface area contributed by atoms with Gasteiger partial charge in [-0.15, -0.1) is 0 Å². The molecular weight excluding hydrogens is 712 g/mol. The predicted octanol–water partition coefficient (Wildman–Crippen LogP) is 6.48. The van der Waals surface area contributed by atoms with Gasteiger partial charge in [0.2, 0.25) is 0 Å². The lowest BCUT2D eigenvalue weighted by Crippen LogP contribution is -2.51. The van der Waals surface area contributed by atoms with Gasteiger partial charge in [-0.3, -0.25) is 19.1 Å². The average Bonchev–Trinajstić information content (AvgIpc) is 3.61. The standard InChI is InChI=1S/C37H42ClF2N7O6/c1-21-26(19-47(43-21)20-29(48)52-36(2,3)4)23-11-12-25(31(40)30(23)39)28-18-41-32(44(28)8)33(49)42-22-9-10-24(27(38)17-22)34(50)45-13-15-46(16-14-45)35(51)53-37(5,6)7/h9-12,17-19H,13-16,20H2,1-8H3,(H,42,49). The van der Waals surface area contributed by atoms with E-state index < -0.39 is 40.8 Å². The summed E-state index contributed by atoms with van der Waals surface area (Å²) in [5.74, 6) is -3.89. The second-order valence-corrected chi connectivity index (χ2v) is 15.0. The van der Waals surface area contributed by atoms with Gasteiger partial charge in [-0.2, -0.15) is 5.10 Å². The van der Waals surface area contributed by atoms with Gasteiger partial charge in [-0.25, -0.2) is 18.6 Å². The Kier molecular flexibility index (Phi) is 11.0. The highest BCUT2D eigenvalue weighted by Crippen LogP contribution is 2.33. The number of nitrogens with zero attached hydrogens (tertiary/aromatic N) is 6. The van der Waals surface area contributed by atoms with Crippen LogP contribution in [0.2, 0.25) is 5.02 Å². The molecule has 282 valence electrons. The van der Waals surface area contributed by atoms with Gasteiger partial charge < -0.3 is 29.2 Å². The summed E-state index contributed by atoms with van der Waals surface area (Å²) < 4.78 is 44.6. The number of rotatable bonds is 7. The topological polar surface area (TPSA) is 141 Å². The third-order valence-electron chi connectivity index (χ3n) is 8.17. The molecule has 0 spiro atoms. The van der Waals surface area contributed by atoms with E-state index in [4.69, 9.17) is 21.1 Å². The number of carbonyl (C=O) groups excluding carboxylic acids is 4. The molecule has 1 aliphatic heterocycles. The van der Waals surface area contributed by atoms with E-state index in [0.717, 1.165) is 0 Å². The number of aromatic nitrogens is 4. The van der Waals surface area contributed by atoms with E-state index in [1.165, 1.54) is 59.0 Å². The summed E-state index contributed by atoms with van der Waals surface area (Å²) in [4.78, 5) is 58.4. The molecule has 2 aromatic heterocycles. The largest absolute Gasteiger partial charge is 0.459 e. The molecule has 0 saturated carbocycles. The minimum Gasteiger partial charge on any atom is -0.459 e. The normalized spacial score (nSPS) is 13.6. The van der Waals surface area contributed by atoms with Crippen molar-refractivity contribution in [3.8, 4) is 22.4 Å². The van der Waals surface area contributed by atoms with Gasteiger partial charge in [0.15, 0.2) is 17.5 Å². The SMILES string of the molecule is Cc1nn(CC(=O)OC(C)(C)C)cc1-c1ccc(-c2cnc(C(=O)Nc3ccc(C(=O)N4CCN(C(=O)OC(C)(C)C)CC4)c(Cl)c3)n2C)c(F)c1F. The van der Waals surface area contributed by atoms with Gasteiger partial charge in [0.1, 0.15) is 17.7 Å². The fourth-order valence-electron chi connectivity index (χ4n) is 5.74. The first-order chi connectivity index (χ1) is 24.7. The van der Waals surface area contributed by atoms with Gasteiger partial charge in [0.25, 0.3) is 11.8 Å². The van der Waals surface area contributed by atoms with E-state index >= 15 is 8.78 Å². The van der Waals surface area contributed by atoms with Gasteiger partial charge in [0.05, 0.1) is 28.2 Å². The third kappa shape index (κ3) is 9.02. The van der Waals surface area contributed by atoms with Crippen molar-refractivity contribution >= 4 is 41.2 Å². The minimum atomic E-state index is -1.16. The summed E-state index contributed by atoms with van der Waals surface area (Å²) in [6.07, 6.45) is 2.27. The summed E-state index contributed by atoms with van der Waals surface area (Å²) in [6.45, 7) is 13.2. The number of esters is 1. The zero-order valence-electron chi connectivity index (χ0n) is 30.8. The monoisotopic (exact) mass is 753 g/mol. The van der Waals surface area contributed by atoms with Gasteiger partial charge in [-0.05, 0) is 72.7 Å². The fraction of sp³-hybridized carbons (Fsp3) is 0.405. The third-order valence-corrected chi connectivity index (χ3v) is 8.49. The number of amides is 3. The molecule has 1 fully saturated rings. The number of anilines is 1. The molecule has 0 bridgehead atoms. The summed E-state index contributed by atoms with van der Waals surface area (Å²) in [7, 11) is 1.49. The molecule has 0 aliphatic carbocycles. The molecule has 0 radical (unpaired) electrons. The van der Waals surface area contributed by atoms with Gasteiger partial charge in [0, 0.05) is 61.8 Å². The van der Waals surface area contributed by atoms with Crippen LogP contribution in [0.1, 0.15) is 68.2 Å². The van der Waals surface area contributed by atoms with Crippen molar-refractivity contribution in [2.75, 3.05) is 31.5 Å². The Morgan fingerprint density at radius 2 is 1.47 bits per heavy atom. The molecule has 0 atom stereocenters. The Morgan fingerprint density at radius 3 is 2.09 bits per heavy atom. The lowest BCUT2D eigenvalue weighted by molar-refractivity contribution is -0.155. The Bertz CT molecular complexity index is 2070. The number of halogens is 3. The highest BCUT2D eigenvalue weighted by molar-refractivity contribution is 6.34. The van der Waals surface area contributed by atoms with Crippen molar-refractivity contribution in [3.05, 3.63) is 76.5 Å². The van der Waals surface area contributed by atoms with Crippen LogP contribution >= 0.6 is 11.6 Å². The van der Waals surface area contributed by atoms with E-state index in [1.807, 2.05) is 0 Å². The second-order valence-electron chi connectivity index (χ2n) is 14.6. The molecule has 1 N–H and O–H groups in total. The van der Waals surface area contributed by atoms with Crippen molar-refractivity contribution < 1.29 is 37.4 Å².